The predicted molar refractivity (Wildman–Crippen MR) is 103 cm³/mol. The highest BCUT2D eigenvalue weighted by molar-refractivity contribution is 5.95. The number of Topliss-reactive ketones (excluding diaryl/α,β-unsaturated/α-hetero) is 1. The SMILES string of the molecule is COC(=O)[C@@H]1C[C@]23C(=O)[C@H]4C[C@@H]5[C@@]2(C)[C@H](CCC2=C3[C@@H]1CC2)C[N+]5([O-])C[C@H]4C. The third-order valence-electron chi connectivity index (χ3n) is 10.4. The standard InChI is InChI=1S/C23H31NO4/c1-12-10-24(27)11-14-6-4-13-5-7-15-17(21(26)28-3)9-23(19(13)15)20(25)16(12)8-18(24)22(14,23)2/h12,14-18H,4-11H2,1-3H3/t12-,14-,15-,16+,17-,18-,22-,23+,24?/m1/s1. The van der Waals surface area contributed by atoms with Crippen molar-refractivity contribution in [3.05, 3.63) is 16.4 Å². The Balaban J connectivity index is 1.63. The summed E-state index contributed by atoms with van der Waals surface area (Å²) >= 11 is 0. The number of hydroxylamine groups is 3. The number of nitrogens with zero attached hydrogens (tertiary/aromatic N) is 1. The van der Waals surface area contributed by atoms with E-state index in [1.54, 1.807) is 0 Å². The van der Waals surface area contributed by atoms with E-state index in [1.165, 1.54) is 18.3 Å². The number of rotatable bonds is 1. The van der Waals surface area contributed by atoms with Crippen molar-refractivity contribution >= 4 is 11.8 Å². The molecule has 2 bridgehead atoms. The van der Waals surface area contributed by atoms with Gasteiger partial charge in [-0.25, -0.2) is 0 Å². The summed E-state index contributed by atoms with van der Waals surface area (Å²) in [6.07, 6.45) is 5.40. The van der Waals surface area contributed by atoms with Crippen molar-refractivity contribution in [3.63, 3.8) is 0 Å². The van der Waals surface area contributed by atoms with Gasteiger partial charge >= 0.3 is 5.97 Å². The number of allylic oxidation sites excluding steroid dienone is 2. The molecule has 28 heavy (non-hydrogen) atoms. The number of carbonyl (C=O) groups is 2. The molecule has 9 atom stereocenters. The summed E-state index contributed by atoms with van der Waals surface area (Å²) in [5.41, 5.74) is 1.88. The zero-order valence-electron chi connectivity index (χ0n) is 17.2. The number of piperidine rings is 1. The molecule has 0 aromatic heterocycles. The van der Waals surface area contributed by atoms with Gasteiger partial charge < -0.3 is 14.6 Å². The lowest BCUT2D eigenvalue weighted by molar-refractivity contribution is -0.908. The molecule has 6 aliphatic rings. The lowest BCUT2D eigenvalue weighted by Crippen LogP contribution is -2.68. The Kier molecular flexibility index (Phi) is 3.21. The summed E-state index contributed by atoms with van der Waals surface area (Å²) in [6.45, 7) is 5.65. The molecule has 0 aromatic rings. The molecule has 1 spiro atoms. The number of fused-ring (bicyclic) bond motifs is 1. The number of hydrogen-bond acceptors (Lipinski definition) is 4. The van der Waals surface area contributed by atoms with E-state index in [2.05, 4.69) is 13.8 Å². The van der Waals surface area contributed by atoms with Crippen LogP contribution >= 0.6 is 0 Å². The molecule has 0 aromatic carbocycles. The second-order valence-electron chi connectivity index (χ2n) is 10.9. The number of hydrogen-bond donors (Lipinski definition) is 0. The first-order valence-corrected chi connectivity index (χ1v) is 11.2. The molecule has 0 N–H and O–H groups in total. The van der Waals surface area contributed by atoms with E-state index in [4.69, 9.17) is 4.74 Å². The van der Waals surface area contributed by atoms with Crippen LogP contribution in [0.3, 0.4) is 0 Å². The summed E-state index contributed by atoms with van der Waals surface area (Å²) in [5.74, 6) is 0.588. The Morgan fingerprint density at radius 3 is 2.71 bits per heavy atom. The first kappa shape index (κ1) is 17.6. The van der Waals surface area contributed by atoms with E-state index < -0.39 is 5.41 Å². The first-order chi connectivity index (χ1) is 13.3. The van der Waals surface area contributed by atoms with E-state index in [1.807, 2.05) is 0 Å². The van der Waals surface area contributed by atoms with Gasteiger partial charge in [-0.2, -0.15) is 0 Å². The molecular formula is C23H31NO4. The fourth-order valence-electron chi connectivity index (χ4n) is 9.37. The average Bonchev–Trinajstić information content (AvgIpc) is 3.26. The van der Waals surface area contributed by atoms with E-state index in [0.29, 0.717) is 25.3 Å². The predicted octanol–water partition coefficient (Wildman–Crippen LogP) is 3.22. The summed E-state index contributed by atoms with van der Waals surface area (Å²) in [5, 5.41) is 14.0. The highest BCUT2D eigenvalue weighted by atomic mass is 16.6. The fourth-order valence-corrected chi connectivity index (χ4v) is 9.37. The van der Waals surface area contributed by atoms with Crippen LogP contribution in [0.25, 0.3) is 0 Å². The van der Waals surface area contributed by atoms with Crippen molar-refractivity contribution in [2.45, 2.75) is 58.4 Å². The normalized spacial score (nSPS) is 55.9. The van der Waals surface area contributed by atoms with Crippen molar-refractivity contribution in [1.82, 2.24) is 0 Å². The molecule has 4 fully saturated rings. The van der Waals surface area contributed by atoms with Crippen molar-refractivity contribution in [1.29, 1.82) is 0 Å². The molecule has 2 heterocycles. The average molecular weight is 386 g/mol. The zero-order valence-corrected chi connectivity index (χ0v) is 17.2. The van der Waals surface area contributed by atoms with Gasteiger partial charge in [0, 0.05) is 29.6 Å². The Hall–Kier alpha value is -1.20. The molecular weight excluding hydrogens is 354 g/mol. The molecule has 0 amide bonds. The molecule has 4 aliphatic carbocycles. The van der Waals surface area contributed by atoms with Gasteiger partial charge in [0.1, 0.15) is 5.78 Å². The highest BCUT2D eigenvalue weighted by Crippen LogP contribution is 2.76. The lowest BCUT2D eigenvalue weighted by Gasteiger charge is -2.62. The van der Waals surface area contributed by atoms with E-state index in [9.17, 15) is 14.8 Å². The van der Waals surface area contributed by atoms with Crippen molar-refractivity contribution < 1.29 is 19.0 Å². The minimum atomic E-state index is -0.587. The molecule has 1 unspecified atom stereocenters. The topological polar surface area (TPSA) is 66.4 Å². The van der Waals surface area contributed by atoms with E-state index in [-0.39, 0.29) is 51.7 Å². The number of esters is 1. The lowest BCUT2D eigenvalue weighted by atomic mass is 9.45. The Morgan fingerprint density at radius 1 is 1.21 bits per heavy atom. The monoisotopic (exact) mass is 385 g/mol. The summed E-state index contributed by atoms with van der Waals surface area (Å²) in [6, 6.07) is 0.0147. The summed E-state index contributed by atoms with van der Waals surface area (Å²) in [7, 11) is 1.47. The minimum absolute atomic E-state index is 0.0125. The van der Waals surface area contributed by atoms with Gasteiger partial charge in [0.15, 0.2) is 0 Å². The Bertz CT molecular complexity index is 834. The first-order valence-electron chi connectivity index (χ1n) is 11.2. The smallest absolute Gasteiger partial charge is 0.309 e. The van der Waals surface area contributed by atoms with Crippen molar-refractivity contribution in [2.75, 3.05) is 20.2 Å². The van der Waals surface area contributed by atoms with Crippen LogP contribution in [0.15, 0.2) is 11.1 Å². The molecule has 5 heteroatoms. The third kappa shape index (κ3) is 1.63. The van der Waals surface area contributed by atoms with Gasteiger partial charge in [0.05, 0.1) is 37.6 Å². The van der Waals surface area contributed by atoms with E-state index in [0.717, 1.165) is 32.1 Å². The van der Waals surface area contributed by atoms with Crippen LogP contribution < -0.4 is 0 Å². The number of methoxy groups -OCH3 is 1. The van der Waals surface area contributed by atoms with Crippen LogP contribution in [-0.4, -0.2) is 42.6 Å². The van der Waals surface area contributed by atoms with Gasteiger partial charge in [0.2, 0.25) is 0 Å². The van der Waals surface area contributed by atoms with Crippen LogP contribution in [0.2, 0.25) is 0 Å². The van der Waals surface area contributed by atoms with Crippen molar-refractivity contribution in [2.24, 2.45) is 40.4 Å². The second-order valence-corrected chi connectivity index (χ2v) is 10.9. The van der Waals surface area contributed by atoms with Crippen LogP contribution in [0.1, 0.15) is 52.4 Å². The number of ketones is 1. The minimum Gasteiger partial charge on any atom is -0.633 e. The molecule has 0 radical (unpaired) electrons. The maximum atomic E-state index is 14.3. The van der Waals surface area contributed by atoms with Crippen molar-refractivity contribution in [3.8, 4) is 0 Å². The number of ether oxygens (including phenoxy) is 1. The maximum Gasteiger partial charge on any atom is 0.309 e. The third-order valence-corrected chi connectivity index (χ3v) is 10.4. The number of carbonyl (C=O) groups excluding carboxylic acids is 2. The zero-order chi connectivity index (χ0) is 19.6. The number of quaternary nitrogens is 1. The molecule has 152 valence electrons. The molecule has 5 nitrogen and oxygen atoms in total. The van der Waals surface area contributed by atoms with Gasteiger partial charge in [-0.1, -0.05) is 25.0 Å². The van der Waals surface area contributed by atoms with Gasteiger partial charge in [-0.05, 0) is 38.0 Å². The quantitative estimate of drug-likeness (QED) is 0.301. The molecule has 2 saturated heterocycles. The van der Waals surface area contributed by atoms with Gasteiger partial charge in [-0.3, -0.25) is 9.59 Å². The fraction of sp³-hybridized carbons (Fsp3) is 0.826. The summed E-state index contributed by atoms with van der Waals surface area (Å²) < 4.78 is 5.11. The highest BCUT2D eigenvalue weighted by Gasteiger charge is 2.79. The van der Waals surface area contributed by atoms with E-state index >= 15 is 0 Å². The van der Waals surface area contributed by atoms with Crippen LogP contribution in [0.4, 0.5) is 0 Å². The maximum absolute atomic E-state index is 14.3. The van der Waals surface area contributed by atoms with Gasteiger partial charge in [0.25, 0.3) is 0 Å². The largest absolute Gasteiger partial charge is 0.633 e. The summed E-state index contributed by atoms with van der Waals surface area (Å²) in [4.78, 5) is 27.0. The van der Waals surface area contributed by atoms with Crippen LogP contribution in [0.5, 0.6) is 0 Å². The van der Waals surface area contributed by atoms with Crippen LogP contribution in [-0.2, 0) is 14.3 Å². The second kappa shape index (κ2) is 5.10. The van der Waals surface area contributed by atoms with Crippen LogP contribution in [0, 0.1) is 45.6 Å². The van der Waals surface area contributed by atoms with Gasteiger partial charge in [-0.15, -0.1) is 0 Å². The molecule has 2 aliphatic heterocycles. The Labute approximate surface area is 166 Å². The molecule has 2 saturated carbocycles. The molecule has 6 rings (SSSR count). The Morgan fingerprint density at radius 2 is 1.96 bits per heavy atom.